The number of methoxy groups -OCH3 is 2. The minimum absolute atomic E-state index is 0.434. The van der Waals surface area contributed by atoms with Gasteiger partial charge in [0.15, 0.2) is 11.5 Å². The molecule has 1 aliphatic carbocycles. The number of hydrogen-bond donors (Lipinski definition) is 1. The lowest BCUT2D eigenvalue weighted by Crippen LogP contribution is -2.41. The molecule has 0 amide bonds. The van der Waals surface area contributed by atoms with Crippen LogP contribution in [0.25, 0.3) is 0 Å². The summed E-state index contributed by atoms with van der Waals surface area (Å²) in [6, 6.07) is 14.6. The highest BCUT2D eigenvalue weighted by molar-refractivity contribution is 5.48. The zero-order chi connectivity index (χ0) is 18.5. The van der Waals surface area contributed by atoms with E-state index in [1.54, 1.807) is 14.2 Å². The highest BCUT2D eigenvalue weighted by Gasteiger charge is 2.26. The van der Waals surface area contributed by atoms with Crippen LogP contribution in [0.3, 0.4) is 0 Å². The van der Waals surface area contributed by atoms with Crippen LogP contribution in [0.15, 0.2) is 42.5 Å². The molecule has 0 fully saturated rings. The molecule has 0 saturated heterocycles. The van der Waals surface area contributed by atoms with E-state index < -0.39 is 6.10 Å². The highest BCUT2D eigenvalue weighted by Crippen LogP contribution is 2.35. The Balaban J connectivity index is 1.73. The SMILES string of the molecule is CCN(CC(O)c1ccccc1)C1CCc2cc(OC)c(OC)cc2C1. The molecule has 0 radical (unpaired) electrons. The lowest BCUT2D eigenvalue weighted by molar-refractivity contribution is 0.0850. The van der Waals surface area contributed by atoms with Gasteiger partial charge in [0.1, 0.15) is 0 Å². The van der Waals surface area contributed by atoms with E-state index in [1.165, 1.54) is 11.1 Å². The van der Waals surface area contributed by atoms with Crippen molar-refractivity contribution >= 4 is 0 Å². The maximum absolute atomic E-state index is 10.6. The largest absolute Gasteiger partial charge is 0.493 e. The van der Waals surface area contributed by atoms with Gasteiger partial charge < -0.3 is 14.6 Å². The fourth-order valence-corrected chi connectivity index (χ4v) is 3.91. The van der Waals surface area contributed by atoms with Gasteiger partial charge in [0.2, 0.25) is 0 Å². The standard InChI is InChI=1S/C22H29NO3/c1-4-23(15-20(24)16-8-6-5-7-9-16)19-11-10-17-13-21(25-2)22(26-3)14-18(17)12-19/h5-9,13-14,19-20,24H,4,10-12,15H2,1-3H3. The van der Waals surface area contributed by atoms with Gasteiger partial charge in [-0.05, 0) is 54.6 Å². The summed E-state index contributed by atoms with van der Waals surface area (Å²) in [5.74, 6) is 1.59. The van der Waals surface area contributed by atoms with Gasteiger partial charge in [0.05, 0.1) is 20.3 Å². The number of aliphatic hydroxyl groups excluding tert-OH is 1. The normalized spacial score (nSPS) is 17.7. The number of hydrogen-bond acceptors (Lipinski definition) is 4. The summed E-state index contributed by atoms with van der Waals surface area (Å²) in [4.78, 5) is 2.40. The first-order valence-corrected chi connectivity index (χ1v) is 9.37. The van der Waals surface area contributed by atoms with Crippen molar-refractivity contribution in [2.24, 2.45) is 0 Å². The Kier molecular flexibility index (Phi) is 6.17. The van der Waals surface area contributed by atoms with Gasteiger partial charge >= 0.3 is 0 Å². The van der Waals surface area contributed by atoms with Crippen molar-refractivity contribution < 1.29 is 14.6 Å². The molecule has 0 saturated carbocycles. The van der Waals surface area contributed by atoms with E-state index in [0.29, 0.717) is 12.6 Å². The number of benzene rings is 2. The predicted molar refractivity (Wildman–Crippen MR) is 104 cm³/mol. The first-order valence-electron chi connectivity index (χ1n) is 9.37. The summed E-state index contributed by atoms with van der Waals surface area (Å²) >= 11 is 0. The van der Waals surface area contributed by atoms with Gasteiger partial charge in [0, 0.05) is 12.6 Å². The third-order valence-corrected chi connectivity index (χ3v) is 5.42. The Morgan fingerprint density at radius 1 is 1.08 bits per heavy atom. The lowest BCUT2D eigenvalue weighted by atomic mass is 9.86. The number of fused-ring (bicyclic) bond motifs is 1. The molecule has 0 bridgehead atoms. The molecule has 2 atom stereocenters. The molecule has 2 aromatic rings. The molecule has 1 N–H and O–H groups in total. The summed E-state index contributed by atoms with van der Waals surface area (Å²) in [6.45, 7) is 3.76. The number of ether oxygens (including phenoxy) is 2. The van der Waals surface area contributed by atoms with E-state index in [4.69, 9.17) is 9.47 Å². The molecular formula is C22H29NO3. The first-order chi connectivity index (χ1) is 12.7. The van der Waals surface area contributed by atoms with Crippen molar-refractivity contribution in [2.75, 3.05) is 27.3 Å². The van der Waals surface area contributed by atoms with Crippen LogP contribution in [0.4, 0.5) is 0 Å². The van der Waals surface area contributed by atoms with E-state index in [2.05, 4.69) is 24.0 Å². The third-order valence-electron chi connectivity index (χ3n) is 5.42. The molecule has 1 aliphatic rings. The minimum atomic E-state index is -0.456. The molecule has 2 unspecified atom stereocenters. The first kappa shape index (κ1) is 18.7. The fourth-order valence-electron chi connectivity index (χ4n) is 3.91. The van der Waals surface area contributed by atoms with Gasteiger partial charge in [-0.25, -0.2) is 0 Å². The van der Waals surface area contributed by atoms with Gasteiger partial charge in [-0.2, -0.15) is 0 Å². The minimum Gasteiger partial charge on any atom is -0.493 e. The highest BCUT2D eigenvalue weighted by atomic mass is 16.5. The number of nitrogens with zero attached hydrogens (tertiary/aromatic N) is 1. The molecule has 4 heteroatoms. The molecular weight excluding hydrogens is 326 g/mol. The molecule has 0 heterocycles. The molecule has 3 rings (SSSR count). The molecule has 2 aromatic carbocycles. The molecule has 140 valence electrons. The van der Waals surface area contributed by atoms with Crippen molar-refractivity contribution in [3.8, 4) is 11.5 Å². The fraction of sp³-hybridized carbons (Fsp3) is 0.455. The number of rotatable bonds is 7. The quantitative estimate of drug-likeness (QED) is 0.824. The lowest BCUT2D eigenvalue weighted by Gasteiger charge is -2.36. The Morgan fingerprint density at radius 2 is 1.73 bits per heavy atom. The van der Waals surface area contributed by atoms with Crippen LogP contribution in [0.1, 0.15) is 36.1 Å². The van der Waals surface area contributed by atoms with Crippen LogP contribution in [0.2, 0.25) is 0 Å². The second-order valence-electron chi connectivity index (χ2n) is 6.89. The van der Waals surface area contributed by atoms with Crippen molar-refractivity contribution in [3.05, 3.63) is 59.2 Å². The summed E-state index contributed by atoms with van der Waals surface area (Å²) in [5.41, 5.74) is 3.65. The zero-order valence-corrected chi connectivity index (χ0v) is 15.9. The molecule has 26 heavy (non-hydrogen) atoms. The van der Waals surface area contributed by atoms with Gasteiger partial charge in [0.25, 0.3) is 0 Å². The smallest absolute Gasteiger partial charge is 0.161 e. The molecule has 4 nitrogen and oxygen atoms in total. The van der Waals surface area contributed by atoms with E-state index in [-0.39, 0.29) is 0 Å². The average Bonchev–Trinajstić information content (AvgIpc) is 2.70. The van der Waals surface area contributed by atoms with E-state index in [9.17, 15) is 5.11 Å². The summed E-state index contributed by atoms with van der Waals surface area (Å²) in [7, 11) is 3.36. The van der Waals surface area contributed by atoms with Crippen molar-refractivity contribution in [3.63, 3.8) is 0 Å². The van der Waals surface area contributed by atoms with Crippen LogP contribution in [0.5, 0.6) is 11.5 Å². The summed E-state index contributed by atoms with van der Waals surface area (Å²) < 4.78 is 10.9. The number of aryl methyl sites for hydroxylation is 1. The number of likely N-dealkylation sites (N-methyl/N-ethyl adjacent to an activating group) is 1. The Labute approximate surface area is 156 Å². The number of aliphatic hydroxyl groups is 1. The van der Waals surface area contributed by atoms with Crippen molar-refractivity contribution in [1.29, 1.82) is 0 Å². The summed E-state index contributed by atoms with van der Waals surface area (Å²) in [5, 5.41) is 10.6. The predicted octanol–water partition coefficient (Wildman–Crippen LogP) is 3.62. The third kappa shape index (κ3) is 4.02. The monoisotopic (exact) mass is 355 g/mol. The van der Waals surface area contributed by atoms with Crippen LogP contribution in [-0.2, 0) is 12.8 Å². The van der Waals surface area contributed by atoms with Crippen LogP contribution < -0.4 is 9.47 Å². The second kappa shape index (κ2) is 8.56. The molecule has 0 spiro atoms. The molecule has 0 aromatic heterocycles. The van der Waals surface area contributed by atoms with E-state index in [0.717, 1.165) is 42.9 Å². The van der Waals surface area contributed by atoms with Gasteiger partial charge in [-0.3, -0.25) is 4.90 Å². The van der Waals surface area contributed by atoms with Crippen molar-refractivity contribution in [2.45, 2.75) is 38.3 Å². The maximum Gasteiger partial charge on any atom is 0.161 e. The second-order valence-corrected chi connectivity index (χ2v) is 6.89. The van der Waals surface area contributed by atoms with E-state index >= 15 is 0 Å². The van der Waals surface area contributed by atoms with E-state index in [1.807, 2.05) is 30.3 Å². The average molecular weight is 355 g/mol. The van der Waals surface area contributed by atoms with Gasteiger partial charge in [-0.1, -0.05) is 37.3 Å². The maximum atomic E-state index is 10.6. The Bertz CT molecular complexity index is 717. The Hall–Kier alpha value is -2.04. The van der Waals surface area contributed by atoms with Gasteiger partial charge in [-0.15, -0.1) is 0 Å². The zero-order valence-electron chi connectivity index (χ0n) is 15.9. The summed E-state index contributed by atoms with van der Waals surface area (Å²) in [6.07, 6.45) is 2.64. The Morgan fingerprint density at radius 3 is 2.35 bits per heavy atom. The van der Waals surface area contributed by atoms with Crippen LogP contribution in [0, 0.1) is 0 Å². The molecule has 0 aliphatic heterocycles. The van der Waals surface area contributed by atoms with Crippen molar-refractivity contribution in [1.82, 2.24) is 4.90 Å². The van der Waals surface area contributed by atoms with Crippen LogP contribution in [-0.4, -0.2) is 43.4 Å². The van der Waals surface area contributed by atoms with Crippen LogP contribution >= 0.6 is 0 Å². The topological polar surface area (TPSA) is 41.9 Å².